The SMILES string of the molecule is O=C(CCCCCN1C(=O)C(=Cc2ccc(Cl)cc2)SC1=S)NNC(=O)c1ccccc1O. The summed E-state index contributed by atoms with van der Waals surface area (Å²) in [4.78, 5) is 38.7. The van der Waals surface area contributed by atoms with E-state index >= 15 is 0 Å². The third-order valence-corrected chi connectivity index (χ3v) is 6.42. The Hall–Kier alpha value is -2.88. The van der Waals surface area contributed by atoms with Crippen LogP contribution in [0.1, 0.15) is 41.6 Å². The third kappa shape index (κ3) is 7.05. The molecule has 172 valence electrons. The number of amides is 3. The molecule has 3 rings (SSSR count). The van der Waals surface area contributed by atoms with Gasteiger partial charge in [0.25, 0.3) is 11.8 Å². The number of thioether (sulfide) groups is 1. The van der Waals surface area contributed by atoms with Gasteiger partial charge in [-0.3, -0.25) is 30.1 Å². The molecule has 33 heavy (non-hydrogen) atoms. The molecule has 0 atom stereocenters. The highest BCUT2D eigenvalue weighted by Gasteiger charge is 2.31. The van der Waals surface area contributed by atoms with Crippen LogP contribution in [-0.4, -0.2) is 38.6 Å². The third-order valence-electron chi connectivity index (χ3n) is 4.79. The van der Waals surface area contributed by atoms with E-state index in [-0.39, 0.29) is 29.5 Å². The lowest BCUT2D eigenvalue weighted by Gasteiger charge is -2.14. The Bertz CT molecular complexity index is 1090. The second-order valence-electron chi connectivity index (χ2n) is 7.22. The molecule has 1 heterocycles. The Kier molecular flexibility index (Phi) is 8.87. The topological polar surface area (TPSA) is 98.7 Å². The number of thiocarbonyl (C=S) groups is 1. The van der Waals surface area contributed by atoms with Gasteiger partial charge in [-0.05, 0) is 48.7 Å². The Morgan fingerprint density at radius 3 is 2.52 bits per heavy atom. The number of carbonyl (C=O) groups is 3. The molecule has 0 radical (unpaired) electrons. The molecular weight excluding hydrogens is 482 g/mol. The Morgan fingerprint density at radius 2 is 1.79 bits per heavy atom. The lowest BCUT2D eigenvalue weighted by atomic mass is 10.2. The summed E-state index contributed by atoms with van der Waals surface area (Å²) in [5.74, 6) is -1.22. The van der Waals surface area contributed by atoms with Crippen molar-refractivity contribution in [1.82, 2.24) is 15.8 Å². The molecule has 1 saturated heterocycles. The van der Waals surface area contributed by atoms with E-state index in [1.165, 1.54) is 23.9 Å². The second kappa shape index (κ2) is 11.8. The summed E-state index contributed by atoms with van der Waals surface area (Å²) in [5.41, 5.74) is 5.56. The largest absolute Gasteiger partial charge is 0.507 e. The van der Waals surface area contributed by atoms with E-state index in [1.807, 2.05) is 12.1 Å². The number of nitrogens with zero attached hydrogens (tertiary/aromatic N) is 1. The first-order valence-electron chi connectivity index (χ1n) is 10.2. The van der Waals surface area contributed by atoms with Crippen LogP contribution >= 0.6 is 35.6 Å². The highest BCUT2D eigenvalue weighted by molar-refractivity contribution is 8.26. The maximum Gasteiger partial charge on any atom is 0.273 e. The first-order valence-corrected chi connectivity index (χ1v) is 11.8. The van der Waals surface area contributed by atoms with Gasteiger partial charge in [-0.1, -0.05) is 66.3 Å². The Balaban J connectivity index is 1.36. The molecule has 0 saturated carbocycles. The lowest BCUT2D eigenvalue weighted by Crippen LogP contribution is -2.41. The van der Waals surface area contributed by atoms with Crippen molar-refractivity contribution in [2.45, 2.75) is 25.7 Å². The molecule has 1 aliphatic rings. The summed E-state index contributed by atoms with van der Waals surface area (Å²) in [6.45, 7) is 0.480. The molecule has 3 amide bonds. The zero-order valence-corrected chi connectivity index (χ0v) is 19.9. The van der Waals surface area contributed by atoms with Gasteiger partial charge < -0.3 is 5.11 Å². The van der Waals surface area contributed by atoms with Gasteiger partial charge in [-0.15, -0.1) is 0 Å². The van der Waals surface area contributed by atoms with Gasteiger partial charge in [0, 0.05) is 18.0 Å². The zero-order valence-electron chi connectivity index (χ0n) is 17.5. The summed E-state index contributed by atoms with van der Waals surface area (Å²) < 4.78 is 0.518. The second-order valence-corrected chi connectivity index (χ2v) is 9.33. The first-order chi connectivity index (χ1) is 15.8. The standard InChI is InChI=1S/C23H22ClN3O4S2/c24-16-11-9-15(10-12-16)14-19-22(31)27(23(32)33-19)13-5-1-2-8-20(29)25-26-21(30)17-6-3-4-7-18(17)28/h3-4,6-7,9-12,14,28H,1-2,5,8,13H2,(H,25,29)(H,26,30). The number of rotatable bonds is 8. The average molecular weight is 504 g/mol. The van der Waals surface area contributed by atoms with Crippen molar-refractivity contribution in [2.75, 3.05) is 6.54 Å². The number of aromatic hydroxyl groups is 1. The van der Waals surface area contributed by atoms with Gasteiger partial charge in [0.2, 0.25) is 5.91 Å². The quantitative estimate of drug-likeness (QED) is 0.215. The van der Waals surface area contributed by atoms with E-state index in [0.717, 1.165) is 5.56 Å². The number of hydrazine groups is 1. The van der Waals surface area contributed by atoms with E-state index in [9.17, 15) is 19.5 Å². The highest BCUT2D eigenvalue weighted by atomic mass is 35.5. The molecule has 0 aromatic heterocycles. The number of halogens is 1. The average Bonchev–Trinajstić information content (AvgIpc) is 3.06. The summed E-state index contributed by atoms with van der Waals surface area (Å²) in [5, 5.41) is 10.3. The fraction of sp³-hybridized carbons (Fsp3) is 0.217. The van der Waals surface area contributed by atoms with Gasteiger partial charge in [0.1, 0.15) is 10.1 Å². The van der Waals surface area contributed by atoms with Crippen LogP contribution in [0.3, 0.4) is 0 Å². The van der Waals surface area contributed by atoms with Gasteiger partial charge in [0.05, 0.1) is 10.5 Å². The number of phenols is 1. The Labute approximate surface area is 206 Å². The van der Waals surface area contributed by atoms with Crippen LogP contribution in [0, 0.1) is 0 Å². The number of para-hydroxylation sites is 1. The van der Waals surface area contributed by atoms with Gasteiger partial charge in [-0.25, -0.2) is 0 Å². The van der Waals surface area contributed by atoms with Crippen molar-refractivity contribution < 1.29 is 19.5 Å². The van der Waals surface area contributed by atoms with E-state index in [1.54, 1.807) is 35.2 Å². The van der Waals surface area contributed by atoms with Crippen molar-refractivity contribution in [3.8, 4) is 5.75 Å². The minimum absolute atomic E-state index is 0.0754. The van der Waals surface area contributed by atoms with Crippen molar-refractivity contribution in [1.29, 1.82) is 0 Å². The molecule has 7 nitrogen and oxygen atoms in total. The minimum Gasteiger partial charge on any atom is -0.507 e. The number of nitrogens with one attached hydrogen (secondary N) is 2. The van der Waals surface area contributed by atoms with Crippen LogP contribution in [-0.2, 0) is 9.59 Å². The first kappa shape index (κ1) is 24.8. The fourth-order valence-corrected chi connectivity index (χ4v) is 4.49. The number of phenolic OH excluding ortho intramolecular Hbond substituents is 1. The number of hydrogen-bond acceptors (Lipinski definition) is 6. The fourth-order valence-electron chi connectivity index (χ4n) is 3.06. The highest BCUT2D eigenvalue weighted by Crippen LogP contribution is 2.33. The van der Waals surface area contributed by atoms with Crippen LogP contribution in [0.25, 0.3) is 6.08 Å². The van der Waals surface area contributed by atoms with Gasteiger partial charge in [0.15, 0.2) is 0 Å². The molecule has 1 aliphatic heterocycles. The van der Waals surface area contributed by atoms with Crippen molar-refractivity contribution >= 4 is 63.7 Å². The van der Waals surface area contributed by atoms with Crippen molar-refractivity contribution in [2.24, 2.45) is 0 Å². The molecule has 10 heteroatoms. The summed E-state index contributed by atoms with van der Waals surface area (Å²) in [7, 11) is 0. The predicted molar refractivity (Wildman–Crippen MR) is 134 cm³/mol. The Morgan fingerprint density at radius 1 is 1.06 bits per heavy atom. The van der Waals surface area contributed by atoms with Gasteiger partial charge >= 0.3 is 0 Å². The van der Waals surface area contributed by atoms with Crippen LogP contribution in [0.15, 0.2) is 53.4 Å². The summed E-state index contributed by atoms with van der Waals surface area (Å²) >= 11 is 12.5. The minimum atomic E-state index is -0.595. The smallest absolute Gasteiger partial charge is 0.273 e. The molecule has 0 spiro atoms. The maximum atomic E-state index is 12.7. The molecule has 3 N–H and O–H groups in total. The van der Waals surface area contributed by atoms with E-state index in [4.69, 9.17) is 23.8 Å². The normalized spacial score (nSPS) is 14.6. The molecule has 2 aromatic carbocycles. The maximum absolute atomic E-state index is 12.7. The molecule has 0 aliphatic carbocycles. The van der Waals surface area contributed by atoms with Crippen LogP contribution in [0.2, 0.25) is 5.02 Å². The number of carbonyl (C=O) groups excluding carboxylic acids is 3. The van der Waals surface area contributed by atoms with Crippen LogP contribution < -0.4 is 10.9 Å². The molecule has 0 bridgehead atoms. The molecule has 2 aromatic rings. The van der Waals surface area contributed by atoms with Crippen molar-refractivity contribution in [3.63, 3.8) is 0 Å². The van der Waals surface area contributed by atoms with Crippen LogP contribution in [0.4, 0.5) is 0 Å². The molecular formula is C23H22ClN3O4S2. The number of benzene rings is 2. The molecule has 0 unspecified atom stereocenters. The van der Waals surface area contributed by atoms with E-state index < -0.39 is 5.91 Å². The predicted octanol–water partition coefficient (Wildman–Crippen LogP) is 4.27. The summed E-state index contributed by atoms with van der Waals surface area (Å²) in [6, 6.07) is 13.3. The van der Waals surface area contributed by atoms with E-state index in [0.29, 0.717) is 40.1 Å². The number of unbranched alkanes of at least 4 members (excludes halogenated alkanes) is 2. The van der Waals surface area contributed by atoms with E-state index in [2.05, 4.69) is 10.9 Å². The zero-order chi connectivity index (χ0) is 23.8. The van der Waals surface area contributed by atoms with Crippen LogP contribution in [0.5, 0.6) is 5.75 Å². The monoisotopic (exact) mass is 503 g/mol. The molecule has 1 fully saturated rings. The van der Waals surface area contributed by atoms with Gasteiger partial charge in [-0.2, -0.15) is 0 Å². The number of hydrogen-bond donors (Lipinski definition) is 3. The lowest BCUT2D eigenvalue weighted by molar-refractivity contribution is -0.123. The van der Waals surface area contributed by atoms with Crippen molar-refractivity contribution in [3.05, 3.63) is 69.6 Å². The summed E-state index contributed by atoms with van der Waals surface area (Å²) in [6.07, 6.45) is 4.01.